The Morgan fingerprint density at radius 1 is 1.40 bits per heavy atom. The van der Waals surface area contributed by atoms with E-state index >= 15 is 0 Å². The van der Waals surface area contributed by atoms with Crippen molar-refractivity contribution < 1.29 is 4.79 Å². The van der Waals surface area contributed by atoms with Gasteiger partial charge in [-0.3, -0.25) is 9.48 Å². The zero-order valence-electron chi connectivity index (χ0n) is 13.1. The Balaban J connectivity index is 2.33. The van der Waals surface area contributed by atoms with Crippen LogP contribution in [0.5, 0.6) is 0 Å². The average molecular weight is 278 g/mol. The molecule has 0 aliphatic heterocycles. The van der Waals surface area contributed by atoms with Crippen LogP contribution < -0.4 is 5.32 Å². The van der Waals surface area contributed by atoms with E-state index in [4.69, 9.17) is 0 Å². The van der Waals surface area contributed by atoms with E-state index in [2.05, 4.69) is 36.1 Å². The lowest BCUT2D eigenvalue weighted by Crippen LogP contribution is -2.39. The zero-order valence-corrected chi connectivity index (χ0v) is 13.1. The normalized spacial score (nSPS) is 18.1. The van der Waals surface area contributed by atoms with Crippen molar-refractivity contribution in [3.8, 4) is 0 Å². The van der Waals surface area contributed by atoms with E-state index in [0.717, 1.165) is 44.5 Å². The van der Waals surface area contributed by atoms with Gasteiger partial charge in [-0.05, 0) is 39.3 Å². The number of aryl methyl sites for hydroxylation is 1. The fourth-order valence-corrected chi connectivity index (χ4v) is 3.28. The van der Waals surface area contributed by atoms with E-state index < -0.39 is 0 Å². The number of likely N-dealkylation sites (N-methyl/N-ethyl adjacent to an activating group) is 1. The number of fused-ring (bicyclic) bond motifs is 1. The molecular formula is C15H26N4O. The molecule has 1 aliphatic carbocycles. The van der Waals surface area contributed by atoms with Crippen LogP contribution in [0.2, 0.25) is 0 Å². The summed E-state index contributed by atoms with van der Waals surface area (Å²) in [5.74, 6) is -0.0614. The van der Waals surface area contributed by atoms with Crippen LogP contribution in [-0.4, -0.2) is 46.8 Å². The topological polar surface area (TPSA) is 50.2 Å². The number of amides is 1. The lowest BCUT2D eigenvalue weighted by Gasteiger charge is -2.33. The van der Waals surface area contributed by atoms with Gasteiger partial charge in [0, 0.05) is 30.9 Å². The number of rotatable bonds is 5. The molecular weight excluding hydrogens is 252 g/mol. The third-order valence-corrected chi connectivity index (χ3v) is 4.39. The summed E-state index contributed by atoms with van der Waals surface area (Å²) in [5, 5.41) is 7.23. The molecule has 0 unspecified atom stereocenters. The molecule has 0 aromatic carbocycles. The summed E-state index contributed by atoms with van der Waals surface area (Å²) >= 11 is 0. The van der Waals surface area contributed by atoms with Crippen molar-refractivity contribution in [1.29, 1.82) is 0 Å². The first-order valence-electron chi connectivity index (χ1n) is 7.70. The Labute approximate surface area is 121 Å². The summed E-state index contributed by atoms with van der Waals surface area (Å²) in [6, 6.07) is 0.537. The number of hydrogen-bond acceptors (Lipinski definition) is 3. The molecule has 1 aliphatic rings. The molecule has 2 rings (SSSR count). The predicted molar refractivity (Wildman–Crippen MR) is 80.0 cm³/mol. The van der Waals surface area contributed by atoms with Crippen molar-refractivity contribution in [2.24, 2.45) is 0 Å². The van der Waals surface area contributed by atoms with Gasteiger partial charge in [0.1, 0.15) is 0 Å². The SMILES string of the molecule is CCN(CC)[C@@H]1CCc2c(c(C(=O)NC)nn2CC)C1. The van der Waals surface area contributed by atoms with Gasteiger partial charge in [0.25, 0.3) is 5.91 Å². The van der Waals surface area contributed by atoms with Crippen LogP contribution in [0.15, 0.2) is 0 Å². The molecule has 0 fully saturated rings. The predicted octanol–water partition coefficient (Wildman–Crippen LogP) is 1.46. The van der Waals surface area contributed by atoms with Crippen molar-refractivity contribution in [3.05, 3.63) is 17.0 Å². The maximum atomic E-state index is 12.0. The molecule has 0 saturated heterocycles. The molecule has 1 aromatic heterocycles. The maximum Gasteiger partial charge on any atom is 0.271 e. The Morgan fingerprint density at radius 2 is 2.10 bits per heavy atom. The Hall–Kier alpha value is -1.36. The van der Waals surface area contributed by atoms with Crippen LogP contribution in [0, 0.1) is 0 Å². The summed E-state index contributed by atoms with van der Waals surface area (Å²) in [6.07, 6.45) is 3.13. The highest BCUT2D eigenvalue weighted by Crippen LogP contribution is 2.27. The molecule has 0 saturated carbocycles. The fourth-order valence-electron chi connectivity index (χ4n) is 3.28. The molecule has 5 heteroatoms. The van der Waals surface area contributed by atoms with Crippen LogP contribution in [-0.2, 0) is 19.4 Å². The maximum absolute atomic E-state index is 12.0. The third kappa shape index (κ3) is 2.59. The van der Waals surface area contributed by atoms with Gasteiger partial charge in [0.15, 0.2) is 5.69 Å². The van der Waals surface area contributed by atoms with Crippen molar-refractivity contribution >= 4 is 5.91 Å². The minimum atomic E-state index is -0.0614. The first-order chi connectivity index (χ1) is 9.65. The van der Waals surface area contributed by atoms with Gasteiger partial charge in [0.2, 0.25) is 0 Å². The van der Waals surface area contributed by atoms with Crippen LogP contribution in [0.4, 0.5) is 0 Å². The number of nitrogens with zero attached hydrogens (tertiary/aromatic N) is 3. The van der Waals surface area contributed by atoms with Crippen molar-refractivity contribution in [3.63, 3.8) is 0 Å². The second-order valence-corrected chi connectivity index (χ2v) is 5.29. The third-order valence-electron chi connectivity index (χ3n) is 4.39. The molecule has 1 atom stereocenters. The Bertz CT molecular complexity index is 476. The minimum absolute atomic E-state index is 0.0614. The number of carbonyl (C=O) groups is 1. The molecule has 0 radical (unpaired) electrons. The fraction of sp³-hybridized carbons (Fsp3) is 0.733. The largest absolute Gasteiger partial charge is 0.354 e. The summed E-state index contributed by atoms with van der Waals surface area (Å²) in [4.78, 5) is 14.5. The van der Waals surface area contributed by atoms with Crippen molar-refractivity contribution in [1.82, 2.24) is 20.0 Å². The van der Waals surface area contributed by atoms with Gasteiger partial charge >= 0.3 is 0 Å². The van der Waals surface area contributed by atoms with Gasteiger partial charge in [-0.25, -0.2) is 0 Å². The Morgan fingerprint density at radius 3 is 2.65 bits per heavy atom. The summed E-state index contributed by atoms with van der Waals surface area (Å²) < 4.78 is 2.00. The lowest BCUT2D eigenvalue weighted by molar-refractivity contribution is 0.0955. The Kier molecular flexibility index (Phi) is 4.81. The number of aromatic nitrogens is 2. The highest BCUT2D eigenvalue weighted by Gasteiger charge is 2.30. The molecule has 0 spiro atoms. The van der Waals surface area contributed by atoms with Crippen molar-refractivity contribution in [2.45, 2.75) is 52.6 Å². The summed E-state index contributed by atoms with van der Waals surface area (Å²) in [7, 11) is 1.67. The molecule has 20 heavy (non-hydrogen) atoms. The van der Waals surface area contributed by atoms with Gasteiger partial charge in [-0.15, -0.1) is 0 Å². The van der Waals surface area contributed by atoms with Gasteiger partial charge in [-0.2, -0.15) is 5.10 Å². The standard InChI is InChI=1S/C15H26N4O/c1-5-18(6-2)11-8-9-13-12(10-11)14(15(20)16-4)17-19(13)7-3/h11H,5-10H2,1-4H3,(H,16,20)/t11-/m1/s1. The minimum Gasteiger partial charge on any atom is -0.354 e. The second-order valence-electron chi connectivity index (χ2n) is 5.29. The summed E-state index contributed by atoms with van der Waals surface area (Å²) in [5.41, 5.74) is 3.05. The molecule has 1 N–H and O–H groups in total. The van der Waals surface area contributed by atoms with E-state index in [1.807, 2.05) is 4.68 Å². The van der Waals surface area contributed by atoms with Gasteiger partial charge in [0.05, 0.1) is 0 Å². The molecule has 112 valence electrons. The van der Waals surface area contributed by atoms with E-state index in [0.29, 0.717) is 11.7 Å². The molecule has 1 amide bonds. The zero-order chi connectivity index (χ0) is 14.7. The van der Waals surface area contributed by atoms with E-state index in [1.54, 1.807) is 7.05 Å². The second kappa shape index (κ2) is 6.39. The van der Waals surface area contributed by atoms with Crippen LogP contribution in [0.3, 0.4) is 0 Å². The van der Waals surface area contributed by atoms with E-state index in [1.165, 1.54) is 5.69 Å². The molecule has 0 bridgehead atoms. The smallest absolute Gasteiger partial charge is 0.271 e. The monoisotopic (exact) mass is 278 g/mol. The summed E-state index contributed by atoms with van der Waals surface area (Å²) in [6.45, 7) is 9.44. The highest BCUT2D eigenvalue weighted by molar-refractivity contribution is 5.93. The molecule has 1 heterocycles. The highest BCUT2D eigenvalue weighted by atomic mass is 16.1. The number of nitrogens with one attached hydrogen (secondary N) is 1. The first kappa shape index (κ1) is 15.0. The van der Waals surface area contributed by atoms with Gasteiger partial charge < -0.3 is 10.2 Å². The number of hydrogen-bond donors (Lipinski definition) is 1. The van der Waals surface area contributed by atoms with E-state index in [9.17, 15) is 4.79 Å². The van der Waals surface area contributed by atoms with Gasteiger partial charge in [-0.1, -0.05) is 13.8 Å². The average Bonchev–Trinajstić information content (AvgIpc) is 2.86. The number of carbonyl (C=O) groups excluding carboxylic acids is 1. The van der Waals surface area contributed by atoms with Crippen LogP contribution in [0.25, 0.3) is 0 Å². The van der Waals surface area contributed by atoms with Crippen molar-refractivity contribution in [2.75, 3.05) is 20.1 Å². The quantitative estimate of drug-likeness (QED) is 0.887. The van der Waals surface area contributed by atoms with E-state index in [-0.39, 0.29) is 5.91 Å². The molecule has 1 aromatic rings. The lowest BCUT2D eigenvalue weighted by atomic mass is 9.90. The van der Waals surface area contributed by atoms with Crippen LogP contribution in [0.1, 0.15) is 48.9 Å². The molecule has 5 nitrogen and oxygen atoms in total. The first-order valence-corrected chi connectivity index (χ1v) is 7.70. The van der Waals surface area contributed by atoms with Crippen LogP contribution >= 0.6 is 0 Å².